The maximum absolute atomic E-state index is 3.66. The van der Waals surface area contributed by atoms with E-state index in [1.165, 1.54) is 39.0 Å². The molecule has 1 atom stereocenters. The molecule has 2 heteroatoms. The minimum Gasteiger partial charge on any atom is -0.378 e. The van der Waals surface area contributed by atoms with Crippen molar-refractivity contribution in [1.29, 1.82) is 0 Å². The Morgan fingerprint density at radius 2 is 1.72 bits per heavy atom. The molecule has 0 aliphatic carbocycles. The lowest BCUT2D eigenvalue weighted by atomic mass is 9.99. The van der Waals surface area contributed by atoms with E-state index in [9.17, 15) is 0 Å². The molecule has 0 saturated heterocycles. The average Bonchev–Trinajstić information content (AvgIpc) is 3.25. The molecule has 0 spiro atoms. The van der Waals surface area contributed by atoms with E-state index in [0.717, 1.165) is 12.8 Å². The van der Waals surface area contributed by atoms with Gasteiger partial charge in [-0.1, -0.05) is 60.7 Å². The number of H-pyrrole nitrogens is 1. The fourth-order valence-electron chi connectivity index (χ4n) is 3.87. The van der Waals surface area contributed by atoms with Gasteiger partial charge in [-0.25, -0.2) is 0 Å². The summed E-state index contributed by atoms with van der Waals surface area (Å²) in [5.41, 5.74) is 7.87. The lowest BCUT2D eigenvalue weighted by molar-refractivity contribution is 0.821. The second-order valence-electron chi connectivity index (χ2n) is 6.86. The van der Waals surface area contributed by atoms with Gasteiger partial charge in [-0.15, -0.1) is 0 Å². The fourth-order valence-corrected chi connectivity index (χ4v) is 3.87. The van der Waals surface area contributed by atoms with Gasteiger partial charge in [0.25, 0.3) is 0 Å². The van der Waals surface area contributed by atoms with Gasteiger partial charge in [0.05, 0.1) is 6.04 Å². The fraction of sp³-hybridized carbons (Fsp3) is 0.130. The number of nitrogens with one attached hydrogen (secondary N) is 2. The third kappa shape index (κ3) is 2.70. The molecule has 3 aromatic carbocycles. The highest BCUT2D eigenvalue weighted by Gasteiger charge is 2.21. The zero-order chi connectivity index (χ0) is 16.6. The van der Waals surface area contributed by atoms with Gasteiger partial charge in [0.15, 0.2) is 0 Å². The minimum absolute atomic E-state index is 0.375. The quantitative estimate of drug-likeness (QED) is 0.514. The molecule has 5 rings (SSSR count). The van der Waals surface area contributed by atoms with E-state index < -0.39 is 0 Å². The maximum Gasteiger partial charge on any atom is 0.0555 e. The van der Waals surface area contributed by atoms with Gasteiger partial charge < -0.3 is 10.3 Å². The molecule has 1 aliphatic rings. The number of rotatable bonds is 3. The predicted molar refractivity (Wildman–Crippen MR) is 104 cm³/mol. The van der Waals surface area contributed by atoms with Crippen LogP contribution in [0.1, 0.15) is 28.4 Å². The second kappa shape index (κ2) is 5.82. The Labute approximate surface area is 147 Å². The molecule has 1 aromatic heterocycles. The topological polar surface area (TPSA) is 27.8 Å². The zero-order valence-corrected chi connectivity index (χ0v) is 14.0. The van der Waals surface area contributed by atoms with E-state index in [4.69, 9.17) is 0 Å². The van der Waals surface area contributed by atoms with E-state index in [-0.39, 0.29) is 0 Å². The Morgan fingerprint density at radius 3 is 2.64 bits per heavy atom. The van der Waals surface area contributed by atoms with Gasteiger partial charge in [-0.3, -0.25) is 0 Å². The lowest BCUT2D eigenvalue weighted by Gasteiger charge is -2.13. The first-order valence-electron chi connectivity index (χ1n) is 8.85. The molecule has 4 aromatic rings. The molecule has 0 saturated carbocycles. The molecular formula is C23H20N2. The molecule has 0 fully saturated rings. The zero-order valence-electron chi connectivity index (χ0n) is 14.0. The molecule has 2 N–H and O–H groups in total. The maximum atomic E-state index is 3.66. The summed E-state index contributed by atoms with van der Waals surface area (Å²) in [4.78, 5) is 3.53. The third-order valence-corrected chi connectivity index (χ3v) is 5.10. The normalized spacial score (nSPS) is 15.9. The highest BCUT2D eigenvalue weighted by atomic mass is 14.9. The van der Waals surface area contributed by atoms with Crippen molar-refractivity contribution >= 4 is 16.6 Å². The van der Waals surface area contributed by atoms with Crippen LogP contribution in [0.25, 0.3) is 10.9 Å². The van der Waals surface area contributed by atoms with Crippen molar-refractivity contribution in [3.63, 3.8) is 0 Å². The van der Waals surface area contributed by atoms with Crippen LogP contribution in [-0.4, -0.2) is 4.98 Å². The molecule has 1 unspecified atom stereocenters. The van der Waals surface area contributed by atoms with E-state index in [1.54, 1.807) is 0 Å². The van der Waals surface area contributed by atoms with Crippen LogP contribution in [0.15, 0.2) is 78.9 Å². The summed E-state index contributed by atoms with van der Waals surface area (Å²) in [6.45, 7) is 0. The van der Waals surface area contributed by atoms with Gasteiger partial charge in [0, 0.05) is 23.3 Å². The standard InChI is InChI=1S/C23H20N2/c1-3-10-21-18(7-1)14-20(24-21)13-16-6-5-9-17(12-16)23-15-19-8-2-4-11-22(19)25-23/h1-12,14,23-25H,13,15H2. The average molecular weight is 324 g/mol. The Hall–Kier alpha value is -3.00. The number of fused-ring (bicyclic) bond motifs is 2. The molecule has 2 heterocycles. The van der Waals surface area contributed by atoms with Crippen LogP contribution in [0.3, 0.4) is 0 Å². The van der Waals surface area contributed by atoms with Gasteiger partial charge in [0.1, 0.15) is 0 Å². The molecule has 2 nitrogen and oxygen atoms in total. The Kier molecular flexibility index (Phi) is 3.34. The van der Waals surface area contributed by atoms with Crippen LogP contribution in [-0.2, 0) is 12.8 Å². The summed E-state index contributed by atoms with van der Waals surface area (Å²) < 4.78 is 0. The van der Waals surface area contributed by atoms with Crippen LogP contribution < -0.4 is 5.32 Å². The van der Waals surface area contributed by atoms with Gasteiger partial charge >= 0.3 is 0 Å². The van der Waals surface area contributed by atoms with Crippen molar-refractivity contribution in [2.45, 2.75) is 18.9 Å². The van der Waals surface area contributed by atoms with Crippen molar-refractivity contribution in [1.82, 2.24) is 4.98 Å². The number of hydrogen-bond donors (Lipinski definition) is 2. The van der Waals surface area contributed by atoms with Gasteiger partial charge in [-0.05, 0) is 46.7 Å². The highest BCUT2D eigenvalue weighted by Crippen LogP contribution is 2.34. The predicted octanol–water partition coefficient (Wildman–Crippen LogP) is 5.47. The Balaban J connectivity index is 1.40. The van der Waals surface area contributed by atoms with Crippen LogP contribution in [0.2, 0.25) is 0 Å². The number of para-hydroxylation sites is 2. The van der Waals surface area contributed by atoms with Crippen molar-refractivity contribution in [2.75, 3.05) is 5.32 Å². The van der Waals surface area contributed by atoms with Crippen LogP contribution in [0.4, 0.5) is 5.69 Å². The highest BCUT2D eigenvalue weighted by molar-refractivity contribution is 5.80. The summed E-state index contributed by atoms with van der Waals surface area (Å²) in [5, 5.41) is 4.93. The molecule has 25 heavy (non-hydrogen) atoms. The van der Waals surface area contributed by atoms with Crippen LogP contribution >= 0.6 is 0 Å². The van der Waals surface area contributed by atoms with Crippen LogP contribution in [0.5, 0.6) is 0 Å². The first kappa shape index (κ1) is 14.4. The smallest absolute Gasteiger partial charge is 0.0555 e. The van der Waals surface area contributed by atoms with Crippen molar-refractivity contribution in [3.8, 4) is 0 Å². The number of aromatic amines is 1. The van der Waals surface area contributed by atoms with Crippen molar-refractivity contribution in [2.24, 2.45) is 0 Å². The number of benzene rings is 3. The van der Waals surface area contributed by atoms with E-state index in [0.29, 0.717) is 6.04 Å². The van der Waals surface area contributed by atoms with E-state index >= 15 is 0 Å². The van der Waals surface area contributed by atoms with Crippen molar-refractivity contribution < 1.29 is 0 Å². The molecule has 122 valence electrons. The first-order chi connectivity index (χ1) is 12.3. The number of hydrogen-bond acceptors (Lipinski definition) is 1. The van der Waals surface area contributed by atoms with Gasteiger partial charge in [0.2, 0.25) is 0 Å². The summed E-state index contributed by atoms with van der Waals surface area (Å²) in [6.07, 6.45) is 1.99. The summed E-state index contributed by atoms with van der Waals surface area (Å²) in [5.74, 6) is 0. The largest absolute Gasteiger partial charge is 0.378 e. The Morgan fingerprint density at radius 1 is 0.840 bits per heavy atom. The SMILES string of the molecule is c1cc(Cc2cc3ccccc3[nH]2)cc(C2Cc3ccccc3N2)c1. The second-order valence-corrected chi connectivity index (χ2v) is 6.86. The molecule has 0 bridgehead atoms. The Bertz CT molecular complexity index is 987. The summed E-state index contributed by atoms with van der Waals surface area (Å²) in [6, 6.07) is 28.7. The molecule has 1 aliphatic heterocycles. The van der Waals surface area contributed by atoms with Gasteiger partial charge in [-0.2, -0.15) is 0 Å². The summed E-state index contributed by atoms with van der Waals surface area (Å²) in [7, 11) is 0. The van der Waals surface area contributed by atoms with Crippen molar-refractivity contribution in [3.05, 3.63) is 101 Å². The first-order valence-corrected chi connectivity index (χ1v) is 8.85. The summed E-state index contributed by atoms with van der Waals surface area (Å²) >= 11 is 0. The van der Waals surface area contributed by atoms with Crippen LogP contribution in [0, 0.1) is 0 Å². The molecular weight excluding hydrogens is 304 g/mol. The molecule has 0 radical (unpaired) electrons. The molecule has 0 amide bonds. The lowest BCUT2D eigenvalue weighted by Crippen LogP contribution is -2.06. The monoisotopic (exact) mass is 324 g/mol. The van der Waals surface area contributed by atoms with E-state index in [2.05, 4.69) is 89.2 Å². The van der Waals surface area contributed by atoms with E-state index in [1.807, 2.05) is 0 Å². The number of aromatic nitrogens is 1. The third-order valence-electron chi connectivity index (χ3n) is 5.10. The minimum atomic E-state index is 0.375. The number of anilines is 1.